The average Bonchev–Trinajstić information content (AvgIpc) is 2.21. The van der Waals surface area contributed by atoms with Gasteiger partial charge in [-0.3, -0.25) is 0 Å². The van der Waals surface area contributed by atoms with Gasteiger partial charge in [0.15, 0.2) is 0 Å². The lowest BCUT2D eigenvalue weighted by molar-refractivity contribution is 0.626. The highest BCUT2D eigenvalue weighted by molar-refractivity contribution is 9.10. The SMILES string of the molecule is CC(=NS(=O)C(C)(C)C)c1cc(F)cc(Br)c1C. The fraction of sp³-hybridized carbons (Fsp3) is 0.462. The van der Waals surface area contributed by atoms with Crippen molar-refractivity contribution in [1.29, 1.82) is 0 Å². The van der Waals surface area contributed by atoms with Crippen LogP contribution in [0.1, 0.15) is 38.8 Å². The predicted octanol–water partition coefficient (Wildman–Crippen LogP) is 4.17. The van der Waals surface area contributed by atoms with Crippen LogP contribution in [0.3, 0.4) is 0 Å². The van der Waals surface area contributed by atoms with Gasteiger partial charge in [0, 0.05) is 10.0 Å². The number of rotatable bonds is 2. The van der Waals surface area contributed by atoms with E-state index in [-0.39, 0.29) is 5.82 Å². The lowest BCUT2D eigenvalue weighted by Crippen LogP contribution is -2.20. The van der Waals surface area contributed by atoms with E-state index in [1.807, 2.05) is 27.7 Å². The molecule has 0 aliphatic rings. The molecule has 5 heteroatoms. The van der Waals surface area contributed by atoms with Crippen LogP contribution < -0.4 is 0 Å². The quantitative estimate of drug-likeness (QED) is 0.747. The van der Waals surface area contributed by atoms with E-state index in [0.29, 0.717) is 15.7 Å². The van der Waals surface area contributed by atoms with Gasteiger partial charge in [-0.25, -0.2) is 8.60 Å². The molecular weight excluding hydrogens is 317 g/mol. The Bertz CT molecular complexity index is 520. The second-order valence-electron chi connectivity index (χ2n) is 5.10. The van der Waals surface area contributed by atoms with Crippen molar-refractivity contribution in [2.45, 2.75) is 39.4 Å². The predicted molar refractivity (Wildman–Crippen MR) is 78.9 cm³/mol. The minimum atomic E-state index is -1.34. The standard InChI is InChI=1S/C13H17BrFNOS/c1-8-11(6-10(15)7-12(8)14)9(2)16-18(17)13(3,4)5/h6-7H,1-5H3. The zero-order valence-corrected chi connectivity index (χ0v) is 13.6. The van der Waals surface area contributed by atoms with Crippen LogP contribution in [0.5, 0.6) is 0 Å². The first kappa shape index (κ1) is 15.5. The van der Waals surface area contributed by atoms with Crippen LogP contribution in [0.4, 0.5) is 4.39 Å². The van der Waals surface area contributed by atoms with Crippen molar-refractivity contribution in [1.82, 2.24) is 0 Å². The number of hydrogen-bond acceptors (Lipinski definition) is 1. The molecule has 18 heavy (non-hydrogen) atoms. The van der Waals surface area contributed by atoms with E-state index < -0.39 is 15.7 Å². The summed E-state index contributed by atoms with van der Waals surface area (Å²) in [5.74, 6) is -0.335. The number of benzene rings is 1. The molecule has 0 amide bonds. The third-order valence-electron chi connectivity index (χ3n) is 2.44. The molecular formula is C13H17BrFNOS. The smallest absolute Gasteiger partial charge is 0.145 e. The summed E-state index contributed by atoms with van der Waals surface area (Å²) in [7, 11) is -1.34. The summed E-state index contributed by atoms with van der Waals surface area (Å²) in [6, 6.07) is 2.83. The Morgan fingerprint density at radius 3 is 2.44 bits per heavy atom. The Labute approximate surface area is 118 Å². The molecule has 0 bridgehead atoms. The first-order valence-corrected chi connectivity index (χ1v) is 7.46. The molecule has 1 rings (SSSR count). The maximum Gasteiger partial charge on any atom is 0.145 e. The number of nitrogens with zero attached hydrogens (tertiary/aromatic N) is 1. The molecule has 1 aromatic rings. The summed E-state index contributed by atoms with van der Waals surface area (Å²) in [4.78, 5) is 0. The molecule has 0 heterocycles. The van der Waals surface area contributed by atoms with Crippen molar-refractivity contribution in [3.63, 3.8) is 0 Å². The van der Waals surface area contributed by atoms with E-state index in [9.17, 15) is 8.60 Å². The molecule has 0 N–H and O–H groups in total. The number of hydrogen-bond donors (Lipinski definition) is 0. The summed E-state index contributed by atoms with van der Waals surface area (Å²) in [5, 5.41) is 0. The summed E-state index contributed by atoms with van der Waals surface area (Å²) in [6.45, 7) is 9.19. The molecule has 1 unspecified atom stereocenters. The average molecular weight is 334 g/mol. The first-order chi connectivity index (χ1) is 8.12. The van der Waals surface area contributed by atoms with Gasteiger partial charge in [0.05, 0.1) is 10.5 Å². The minimum Gasteiger partial charge on any atom is -0.234 e. The molecule has 0 radical (unpaired) electrons. The van der Waals surface area contributed by atoms with Gasteiger partial charge in [-0.2, -0.15) is 4.40 Å². The van der Waals surface area contributed by atoms with Crippen molar-refractivity contribution >= 4 is 32.6 Å². The molecule has 0 aliphatic carbocycles. The Kier molecular flexibility index (Phi) is 4.84. The number of halogens is 2. The zero-order chi connectivity index (χ0) is 14.1. The zero-order valence-electron chi connectivity index (χ0n) is 11.2. The highest BCUT2D eigenvalue weighted by Gasteiger charge is 2.20. The van der Waals surface area contributed by atoms with Crippen molar-refractivity contribution in [2.75, 3.05) is 0 Å². The third kappa shape index (κ3) is 3.72. The van der Waals surface area contributed by atoms with Gasteiger partial charge in [0.1, 0.15) is 16.8 Å². The van der Waals surface area contributed by atoms with Gasteiger partial charge < -0.3 is 0 Å². The van der Waals surface area contributed by atoms with Crippen LogP contribution in [0.15, 0.2) is 21.0 Å². The Hall–Kier alpha value is -0.550. The summed E-state index contributed by atoms with van der Waals surface area (Å²) in [6.07, 6.45) is 0. The molecule has 1 aromatic carbocycles. The van der Waals surface area contributed by atoms with E-state index in [0.717, 1.165) is 5.56 Å². The minimum absolute atomic E-state index is 0.335. The molecule has 0 fully saturated rings. The molecule has 0 saturated carbocycles. The fourth-order valence-corrected chi connectivity index (χ4v) is 2.39. The molecule has 2 nitrogen and oxygen atoms in total. The summed E-state index contributed by atoms with van der Waals surface area (Å²) < 4.78 is 29.8. The van der Waals surface area contributed by atoms with Crippen LogP contribution in [0.25, 0.3) is 0 Å². The topological polar surface area (TPSA) is 29.4 Å². The summed E-state index contributed by atoms with van der Waals surface area (Å²) in [5.41, 5.74) is 2.16. The molecule has 0 aromatic heterocycles. The Balaban J connectivity index is 3.23. The van der Waals surface area contributed by atoms with Crippen molar-refractivity contribution in [2.24, 2.45) is 4.40 Å². The first-order valence-electron chi connectivity index (χ1n) is 5.56. The van der Waals surface area contributed by atoms with E-state index in [1.54, 1.807) is 6.92 Å². The second-order valence-corrected chi connectivity index (χ2v) is 7.86. The monoisotopic (exact) mass is 333 g/mol. The van der Waals surface area contributed by atoms with Gasteiger partial charge in [0.2, 0.25) is 0 Å². The maximum absolute atomic E-state index is 13.4. The van der Waals surface area contributed by atoms with E-state index in [2.05, 4.69) is 20.3 Å². The molecule has 0 aliphatic heterocycles. The van der Waals surface area contributed by atoms with Crippen LogP contribution in [-0.2, 0) is 11.0 Å². The van der Waals surface area contributed by atoms with Gasteiger partial charge in [-0.05, 0) is 52.3 Å². The van der Waals surface area contributed by atoms with Crippen LogP contribution in [-0.4, -0.2) is 14.7 Å². The Morgan fingerprint density at radius 2 is 1.94 bits per heavy atom. The second kappa shape index (κ2) is 5.61. The van der Waals surface area contributed by atoms with Crippen molar-refractivity contribution < 1.29 is 8.60 Å². The van der Waals surface area contributed by atoms with Crippen LogP contribution in [0, 0.1) is 12.7 Å². The summed E-state index contributed by atoms with van der Waals surface area (Å²) >= 11 is 3.30. The van der Waals surface area contributed by atoms with Crippen molar-refractivity contribution in [3.8, 4) is 0 Å². The van der Waals surface area contributed by atoms with Gasteiger partial charge >= 0.3 is 0 Å². The lowest BCUT2D eigenvalue weighted by Gasteiger charge is -2.15. The van der Waals surface area contributed by atoms with Gasteiger partial charge in [-0.1, -0.05) is 15.9 Å². The molecule has 0 spiro atoms. The van der Waals surface area contributed by atoms with Gasteiger partial charge in [-0.15, -0.1) is 0 Å². The normalized spacial score (nSPS) is 14.7. The van der Waals surface area contributed by atoms with E-state index >= 15 is 0 Å². The molecule has 100 valence electrons. The highest BCUT2D eigenvalue weighted by atomic mass is 79.9. The van der Waals surface area contributed by atoms with E-state index in [1.165, 1.54) is 12.1 Å². The van der Waals surface area contributed by atoms with Crippen LogP contribution in [0.2, 0.25) is 0 Å². The lowest BCUT2D eigenvalue weighted by atomic mass is 10.1. The Morgan fingerprint density at radius 1 is 1.39 bits per heavy atom. The fourth-order valence-electron chi connectivity index (χ4n) is 1.33. The third-order valence-corrected chi connectivity index (χ3v) is 4.75. The molecule has 1 atom stereocenters. The highest BCUT2D eigenvalue weighted by Crippen LogP contribution is 2.23. The van der Waals surface area contributed by atoms with Crippen LogP contribution >= 0.6 is 15.9 Å². The van der Waals surface area contributed by atoms with E-state index in [4.69, 9.17) is 0 Å². The maximum atomic E-state index is 13.4. The van der Waals surface area contributed by atoms with Crippen molar-refractivity contribution in [3.05, 3.63) is 33.5 Å². The molecule has 0 saturated heterocycles. The van der Waals surface area contributed by atoms with Gasteiger partial charge in [0.25, 0.3) is 0 Å². The largest absolute Gasteiger partial charge is 0.234 e.